The minimum Gasteiger partial charge on any atom is -0.307 e. The molecule has 1 heterocycles. The smallest absolute Gasteiger partial charge is 0.307 e. The van der Waals surface area contributed by atoms with Gasteiger partial charge in [-0.3, -0.25) is 4.79 Å². The van der Waals surface area contributed by atoms with Gasteiger partial charge in [-0.2, -0.15) is 13.2 Å². The second kappa shape index (κ2) is 6.90. The van der Waals surface area contributed by atoms with Crippen molar-refractivity contribution in [2.75, 3.05) is 11.4 Å². The molecule has 0 saturated carbocycles. The third-order valence-corrected chi connectivity index (χ3v) is 5.31. The molecule has 0 aromatic heterocycles. The molecule has 26 heavy (non-hydrogen) atoms. The van der Waals surface area contributed by atoms with Crippen LogP contribution in [0.2, 0.25) is 0 Å². The Balaban J connectivity index is 2.07. The van der Waals surface area contributed by atoms with Crippen molar-refractivity contribution in [1.82, 2.24) is 0 Å². The zero-order valence-corrected chi connectivity index (χ0v) is 14.4. The van der Waals surface area contributed by atoms with Crippen LogP contribution in [0.15, 0.2) is 41.3 Å². The van der Waals surface area contributed by atoms with Crippen LogP contribution < -0.4 is 4.90 Å². The van der Waals surface area contributed by atoms with Gasteiger partial charge in [0.25, 0.3) is 5.91 Å². The van der Waals surface area contributed by atoms with Gasteiger partial charge in [-0.15, -0.1) is 11.8 Å². The second-order valence-corrected chi connectivity index (χ2v) is 7.46. The molecular formula is C18H14F5NOS. The molecule has 8 heteroatoms. The van der Waals surface area contributed by atoms with Crippen LogP contribution in [0.5, 0.6) is 0 Å². The van der Waals surface area contributed by atoms with E-state index in [2.05, 4.69) is 0 Å². The topological polar surface area (TPSA) is 20.3 Å². The first kappa shape index (κ1) is 18.7. The van der Waals surface area contributed by atoms with Gasteiger partial charge in [-0.1, -0.05) is 6.92 Å². The molecule has 2 aromatic rings. The molecule has 0 spiro atoms. The molecule has 0 fully saturated rings. The quantitative estimate of drug-likeness (QED) is 0.601. The van der Waals surface area contributed by atoms with Gasteiger partial charge in [0.05, 0.1) is 11.3 Å². The molecular weight excluding hydrogens is 373 g/mol. The predicted octanol–water partition coefficient (Wildman–Crippen LogP) is 5.51. The molecule has 1 aliphatic heterocycles. The maximum atomic E-state index is 13.5. The van der Waals surface area contributed by atoms with Gasteiger partial charge in [0, 0.05) is 22.3 Å². The lowest BCUT2D eigenvalue weighted by Gasteiger charge is -2.23. The van der Waals surface area contributed by atoms with Crippen LogP contribution in [0.1, 0.15) is 29.3 Å². The first-order valence-electron chi connectivity index (χ1n) is 7.81. The van der Waals surface area contributed by atoms with Crippen LogP contribution in [-0.2, 0) is 6.18 Å². The fraction of sp³-hybridized carbons (Fsp3) is 0.278. The van der Waals surface area contributed by atoms with Crippen molar-refractivity contribution >= 4 is 23.4 Å². The summed E-state index contributed by atoms with van der Waals surface area (Å²) in [4.78, 5) is 14.5. The minimum atomic E-state index is -4.55. The van der Waals surface area contributed by atoms with Gasteiger partial charge in [-0.25, -0.2) is 8.78 Å². The first-order valence-corrected chi connectivity index (χ1v) is 8.69. The summed E-state index contributed by atoms with van der Waals surface area (Å²) in [5.74, 6) is -2.95. The average molecular weight is 387 g/mol. The van der Waals surface area contributed by atoms with Crippen LogP contribution in [0.4, 0.5) is 27.6 Å². The largest absolute Gasteiger partial charge is 0.416 e. The molecule has 1 amide bonds. The number of carbonyl (C=O) groups is 1. The van der Waals surface area contributed by atoms with Crippen molar-refractivity contribution in [3.05, 3.63) is 59.2 Å². The predicted molar refractivity (Wildman–Crippen MR) is 89.4 cm³/mol. The van der Waals surface area contributed by atoms with Gasteiger partial charge in [0.1, 0.15) is 0 Å². The summed E-state index contributed by atoms with van der Waals surface area (Å²) in [6.07, 6.45) is -4.00. The maximum absolute atomic E-state index is 13.5. The lowest BCUT2D eigenvalue weighted by molar-refractivity contribution is -0.137. The van der Waals surface area contributed by atoms with Crippen LogP contribution in [0.25, 0.3) is 0 Å². The Morgan fingerprint density at radius 2 is 1.85 bits per heavy atom. The zero-order valence-electron chi connectivity index (χ0n) is 13.6. The molecule has 138 valence electrons. The number of rotatable bonds is 1. The molecule has 2 aromatic carbocycles. The van der Waals surface area contributed by atoms with E-state index in [1.165, 1.54) is 22.7 Å². The fourth-order valence-corrected chi connectivity index (χ4v) is 3.80. The molecule has 0 N–H and O–H groups in total. The summed E-state index contributed by atoms with van der Waals surface area (Å²) in [7, 11) is 0. The van der Waals surface area contributed by atoms with Gasteiger partial charge in [-0.05, 0) is 42.8 Å². The zero-order chi connectivity index (χ0) is 19.1. The highest BCUT2D eigenvalue weighted by atomic mass is 32.2. The van der Waals surface area contributed by atoms with E-state index < -0.39 is 29.3 Å². The van der Waals surface area contributed by atoms with E-state index in [9.17, 15) is 26.7 Å². The van der Waals surface area contributed by atoms with Crippen LogP contribution in [0, 0.1) is 11.6 Å². The van der Waals surface area contributed by atoms with E-state index in [0.29, 0.717) is 11.3 Å². The molecule has 0 saturated heterocycles. The number of amides is 1. The lowest BCUT2D eigenvalue weighted by Crippen LogP contribution is -2.32. The highest BCUT2D eigenvalue weighted by Gasteiger charge is 2.33. The number of anilines is 1. The Bertz CT molecular complexity index is 852. The fourth-order valence-electron chi connectivity index (χ4n) is 2.71. The number of thioether (sulfide) groups is 1. The monoisotopic (exact) mass is 387 g/mol. The molecule has 0 aliphatic carbocycles. The highest BCUT2D eigenvalue weighted by Crippen LogP contribution is 2.41. The number of halogens is 5. The van der Waals surface area contributed by atoms with Crippen LogP contribution in [0.3, 0.4) is 0 Å². The number of benzene rings is 2. The number of alkyl halides is 3. The minimum absolute atomic E-state index is 0.0910. The Morgan fingerprint density at radius 1 is 1.12 bits per heavy atom. The van der Waals surface area contributed by atoms with Gasteiger partial charge >= 0.3 is 6.18 Å². The van der Waals surface area contributed by atoms with Crippen LogP contribution in [-0.4, -0.2) is 17.7 Å². The molecule has 1 aliphatic rings. The third-order valence-electron chi connectivity index (χ3n) is 4.08. The van der Waals surface area contributed by atoms with Crippen LogP contribution >= 0.6 is 11.8 Å². The van der Waals surface area contributed by atoms with E-state index in [0.717, 1.165) is 30.3 Å². The highest BCUT2D eigenvalue weighted by molar-refractivity contribution is 8.00. The Morgan fingerprint density at radius 3 is 2.50 bits per heavy atom. The van der Waals surface area contributed by atoms with Crippen molar-refractivity contribution in [3.8, 4) is 0 Å². The standard InChI is InChI=1S/C18H14F5NOS/c1-10-6-7-24(17(25)11-2-4-13(19)14(20)8-11)15-9-12(18(21,22)23)3-5-16(15)26-10/h2-5,8-10H,6-7H2,1H3. The Labute approximate surface area is 151 Å². The van der Waals surface area contributed by atoms with Gasteiger partial charge < -0.3 is 4.90 Å². The van der Waals surface area contributed by atoms with E-state index in [4.69, 9.17) is 0 Å². The van der Waals surface area contributed by atoms with Gasteiger partial charge in [0.2, 0.25) is 0 Å². The van der Waals surface area contributed by atoms with E-state index >= 15 is 0 Å². The number of nitrogens with zero attached hydrogens (tertiary/aromatic N) is 1. The number of carbonyl (C=O) groups excluding carboxylic acids is 1. The Kier molecular flexibility index (Phi) is 4.96. The summed E-state index contributed by atoms with van der Waals surface area (Å²) in [5, 5.41) is 0.0910. The van der Waals surface area contributed by atoms with Crippen molar-refractivity contribution in [3.63, 3.8) is 0 Å². The Hall–Kier alpha value is -2.09. The summed E-state index contributed by atoms with van der Waals surface area (Å²) < 4.78 is 65.8. The second-order valence-electron chi connectivity index (χ2n) is 5.98. The van der Waals surface area contributed by atoms with E-state index in [1.807, 2.05) is 6.92 Å². The van der Waals surface area contributed by atoms with Crippen molar-refractivity contribution < 1.29 is 26.7 Å². The summed E-state index contributed by atoms with van der Waals surface area (Å²) in [6, 6.07) is 5.95. The molecule has 2 nitrogen and oxygen atoms in total. The number of hydrogen-bond acceptors (Lipinski definition) is 2. The molecule has 1 atom stereocenters. The average Bonchev–Trinajstić information content (AvgIpc) is 2.73. The molecule has 1 unspecified atom stereocenters. The van der Waals surface area contributed by atoms with Gasteiger partial charge in [0.15, 0.2) is 11.6 Å². The van der Waals surface area contributed by atoms with Crippen molar-refractivity contribution in [2.45, 2.75) is 29.7 Å². The molecule has 0 bridgehead atoms. The summed E-state index contributed by atoms with van der Waals surface area (Å²) >= 11 is 1.38. The van der Waals surface area contributed by atoms with Crippen molar-refractivity contribution in [2.24, 2.45) is 0 Å². The third kappa shape index (κ3) is 3.70. The summed E-state index contributed by atoms with van der Waals surface area (Å²) in [6.45, 7) is 2.10. The molecule has 0 radical (unpaired) electrons. The summed E-state index contributed by atoms with van der Waals surface area (Å²) in [5.41, 5.74) is -0.856. The maximum Gasteiger partial charge on any atom is 0.416 e. The van der Waals surface area contributed by atoms with Crippen molar-refractivity contribution in [1.29, 1.82) is 0 Å². The SMILES string of the molecule is CC1CCN(C(=O)c2ccc(F)c(F)c2)c2cc(C(F)(F)F)ccc2S1. The number of fused-ring (bicyclic) bond motifs is 1. The normalized spacial score (nSPS) is 17.6. The lowest BCUT2D eigenvalue weighted by atomic mass is 10.1. The molecule has 3 rings (SSSR count). The van der Waals surface area contributed by atoms with E-state index in [1.54, 1.807) is 0 Å². The van der Waals surface area contributed by atoms with E-state index in [-0.39, 0.29) is 23.0 Å². The number of hydrogen-bond donors (Lipinski definition) is 0. The first-order chi connectivity index (χ1) is 12.2.